The van der Waals surface area contributed by atoms with Gasteiger partial charge >= 0.3 is 0 Å². The first-order chi connectivity index (χ1) is 16.5. The summed E-state index contributed by atoms with van der Waals surface area (Å²) in [6, 6.07) is 15.7. The molecule has 0 N–H and O–H groups in total. The summed E-state index contributed by atoms with van der Waals surface area (Å²) >= 11 is 0. The molecule has 2 aliphatic rings. The first-order valence-corrected chi connectivity index (χ1v) is 11.4. The lowest BCUT2D eigenvalue weighted by atomic mass is 9.84. The molecule has 2 aromatic carbocycles. The van der Waals surface area contributed by atoms with Gasteiger partial charge in [0.2, 0.25) is 0 Å². The molecule has 2 aliphatic carbocycles. The number of nitro benzene ring substituents is 2. The van der Waals surface area contributed by atoms with Gasteiger partial charge in [0.25, 0.3) is 11.4 Å². The minimum Gasteiger partial charge on any atom is -0.258 e. The van der Waals surface area contributed by atoms with Crippen LogP contribution in [-0.4, -0.2) is 14.8 Å². The van der Waals surface area contributed by atoms with Crippen molar-refractivity contribution in [3.05, 3.63) is 108 Å². The molecule has 1 heterocycles. The lowest BCUT2D eigenvalue weighted by Gasteiger charge is -2.25. The maximum absolute atomic E-state index is 11.5. The Labute approximate surface area is 196 Å². The van der Waals surface area contributed by atoms with Crippen LogP contribution in [0.4, 0.5) is 11.4 Å². The van der Waals surface area contributed by atoms with Gasteiger partial charge in [0, 0.05) is 12.1 Å². The van der Waals surface area contributed by atoms with Crippen LogP contribution >= 0.6 is 0 Å². The second-order valence-electron chi connectivity index (χ2n) is 8.68. The van der Waals surface area contributed by atoms with Crippen molar-refractivity contribution in [2.24, 2.45) is 0 Å². The van der Waals surface area contributed by atoms with Gasteiger partial charge in [0.05, 0.1) is 32.4 Å². The number of nitrogens with zero attached hydrogens (tertiary/aromatic N) is 3. The van der Waals surface area contributed by atoms with E-state index in [9.17, 15) is 20.2 Å². The van der Waals surface area contributed by atoms with Crippen molar-refractivity contribution >= 4 is 34.7 Å². The Morgan fingerprint density at radius 2 is 1.12 bits per heavy atom. The normalized spacial score (nSPS) is 17.3. The van der Waals surface area contributed by atoms with Gasteiger partial charge in [-0.05, 0) is 85.1 Å². The molecule has 0 saturated carbocycles. The Hall–Kier alpha value is -4.13. The third-order valence-electron chi connectivity index (χ3n) is 6.50. The van der Waals surface area contributed by atoms with E-state index in [1.165, 1.54) is 23.3 Å². The molecule has 0 bridgehead atoms. The summed E-state index contributed by atoms with van der Waals surface area (Å²) in [5.74, 6) is 0. The van der Waals surface area contributed by atoms with E-state index in [4.69, 9.17) is 4.98 Å². The summed E-state index contributed by atoms with van der Waals surface area (Å²) < 4.78 is 0. The van der Waals surface area contributed by atoms with Gasteiger partial charge in [-0.3, -0.25) is 20.2 Å². The minimum absolute atomic E-state index is 0.0806. The van der Waals surface area contributed by atoms with Crippen molar-refractivity contribution in [3.63, 3.8) is 0 Å². The van der Waals surface area contributed by atoms with Gasteiger partial charge in [-0.2, -0.15) is 0 Å². The maximum atomic E-state index is 11.5. The number of aromatic nitrogens is 1. The number of para-hydroxylation sites is 2. The number of hydrogen-bond donors (Lipinski definition) is 0. The van der Waals surface area contributed by atoms with Crippen LogP contribution in [-0.2, 0) is 12.8 Å². The molecule has 0 amide bonds. The van der Waals surface area contributed by atoms with Crippen LogP contribution in [0.15, 0.2) is 54.6 Å². The highest BCUT2D eigenvalue weighted by molar-refractivity contribution is 5.88. The van der Waals surface area contributed by atoms with E-state index >= 15 is 0 Å². The van der Waals surface area contributed by atoms with Crippen LogP contribution in [0.3, 0.4) is 0 Å². The van der Waals surface area contributed by atoms with Gasteiger partial charge in [-0.25, -0.2) is 4.98 Å². The van der Waals surface area contributed by atoms with Crippen LogP contribution in [0, 0.1) is 20.2 Å². The highest BCUT2D eigenvalue weighted by Crippen LogP contribution is 2.39. The van der Waals surface area contributed by atoms with Crippen LogP contribution in [0.1, 0.15) is 59.3 Å². The second kappa shape index (κ2) is 9.02. The monoisotopic (exact) mass is 453 g/mol. The Balaban J connectivity index is 1.62. The number of fused-ring (bicyclic) bond motifs is 2. The maximum Gasteiger partial charge on any atom is 0.276 e. The highest BCUT2D eigenvalue weighted by atomic mass is 16.6. The zero-order valence-corrected chi connectivity index (χ0v) is 18.6. The van der Waals surface area contributed by atoms with E-state index < -0.39 is 0 Å². The predicted octanol–water partition coefficient (Wildman–Crippen LogP) is 6.65. The van der Waals surface area contributed by atoms with Crippen LogP contribution in [0.25, 0.3) is 23.3 Å². The van der Waals surface area contributed by atoms with Crippen LogP contribution < -0.4 is 0 Å². The molecule has 7 heteroatoms. The molecule has 5 rings (SSSR count). The van der Waals surface area contributed by atoms with Crippen molar-refractivity contribution in [1.82, 2.24) is 4.98 Å². The van der Waals surface area contributed by atoms with Gasteiger partial charge in [-0.15, -0.1) is 0 Å². The summed E-state index contributed by atoms with van der Waals surface area (Å²) in [6.45, 7) is 0. The molecule has 0 unspecified atom stereocenters. The minimum atomic E-state index is -0.357. The fourth-order valence-corrected chi connectivity index (χ4v) is 4.92. The third kappa shape index (κ3) is 4.12. The Bertz CT molecular complexity index is 1270. The molecule has 0 atom stereocenters. The first kappa shape index (κ1) is 21.7. The van der Waals surface area contributed by atoms with E-state index in [-0.39, 0.29) is 21.2 Å². The standard InChI is InChI=1S/C27H23N3O4/c31-29(32)24-13-3-1-7-18(24)15-20-9-5-11-22-17-23-12-6-10-21(27(23)28-26(20)22)16-19-8-2-4-14-25(19)30(33)34/h1-4,7-8,13-17H,5-6,9-12H2. The van der Waals surface area contributed by atoms with Crippen LogP contribution in [0.5, 0.6) is 0 Å². The summed E-state index contributed by atoms with van der Waals surface area (Å²) in [5, 5.41) is 23.0. The van der Waals surface area contributed by atoms with E-state index in [0.717, 1.165) is 61.1 Å². The third-order valence-corrected chi connectivity index (χ3v) is 6.50. The van der Waals surface area contributed by atoms with Gasteiger partial charge in [0.1, 0.15) is 0 Å². The van der Waals surface area contributed by atoms with Gasteiger partial charge in [0.15, 0.2) is 0 Å². The van der Waals surface area contributed by atoms with E-state index in [1.807, 2.05) is 12.2 Å². The average molecular weight is 453 g/mol. The zero-order chi connectivity index (χ0) is 23.7. The Morgan fingerprint density at radius 1 is 0.676 bits per heavy atom. The molecule has 0 aliphatic heterocycles. The van der Waals surface area contributed by atoms with Crippen molar-refractivity contribution in [3.8, 4) is 0 Å². The fraction of sp³-hybridized carbons (Fsp3) is 0.222. The molecule has 170 valence electrons. The zero-order valence-electron chi connectivity index (χ0n) is 18.6. The highest BCUT2D eigenvalue weighted by Gasteiger charge is 2.24. The summed E-state index contributed by atoms with van der Waals surface area (Å²) in [7, 11) is 0. The molecule has 3 aromatic rings. The summed E-state index contributed by atoms with van der Waals surface area (Å²) in [5.41, 5.74) is 7.41. The fourth-order valence-electron chi connectivity index (χ4n) is 4.92. The van der Waals surface area contributed by atoms with Crippen LogP contribution in [0.2, 0.25) is 0 Å². The Kier molecular flexibility index (Phi) is 5.76. The van der Waals surface area contributed by atoms with Crippen molar-refractivity contribution in [1.29, 1.82) is 0 Å². The molecule has 7 nitrogen and oxygen atoms in total. The largest absolute Gasteiger partial charge is 0.276 e. The van der Waals surface area contributed by atoms with E-state index in [2.05, 4.69) is 6.07 Å². The van der Waals surface area contributed by atoms with Crippen molar-refractivity contribution in [2.75, 3.05) is 0 Å². The predicted molar refractivity (Wildman–Crippen MR) is 132 cm³/mol. The summed E-state index contributed by atoms with van der Waals surface area (Å²) in [4.78, 5) is 27.4. The van der Waals surface area contributed by atoms with Gasteiger partial charge in [-0.1, -0.05) is 30.3 Å². The second-order valence-corrected chi connectivity index (χ2v) is 8.68. The van der Waals surface area contributed by atoms with Crippen molar-refractivity contribution < 1.29 is 9.85 Å². The molecule has 0 fully saturated rings. The molecule has 34 heavy (non-hydrogen) atoms. The average Bonchev–Trinajstić information content (AvgIpc) is 2.84. The topological polar surface area (TPSA) is 99.2 Å². The lowest BCUT2D eigenvalue weighted by molar-refractivity contribution is -0.385. The number of hydrogen-bond acceptors (Lipinski definition) is 5. The number of rotatable bonds is 4. The van der Waals surface area contributed by atoms with E-state index in [1.54, 1.807) is 36.4 Å². The number of allylic oxidation sites excluding steroid dienone is 2. The number of nitro groups is 2. The number of benzene rings is 2. The van der Waals surface area contributed by atoms with Gasteiger partial charge < -0.3 is 0 Å². The molecular weight excluding hydrogens is 430 g/mol. The summed E-state index contributed by atoms with van der Waals surface area (Å²) in [6.07, 6.45) is 9.17. The molecule has 0 spiro atoms. The molecule has 0 saturated heterocycles. The molecule has 0 radical (unpaired) electrons. The quantitative estimate of drug-likeness (QED) is 0.325. The van der Waals surface area contributed by atoms with Crippen molar-refractivity contribution in [2.45, 2.75) is 38.5 Å². The van der Waals surface area contributed by atoms with E-state index in [0.29, 0.717) is 11.1 Å². The lowest BCUT2D eigenvalue weighted by Crippen LogP contribution is -2.12. The smallest absolute Gasteiger partial charge is 0.258 e. The SMILES string of the molecule is O=[N+]([O-])c1ccccc1C=C1CCCc2cc3c(nc21)C(=Cc1ccccc1[N+](=O)[O-])CCC3. The number of pyridine rings is 1. The first-order valence-electron chi connectivity index (χ1n) is 11.4. The number of aryl methyl sites for hydroxylation is 2. The molecule has 1 aromatic heterocycles. The Morgan fingerprint density at radius 3 is 1.56 bits per heavy atom. The molecular formula is C27H23N3O4.